The summed E-state index contributed by atoms with van der Waals surface area (Å²) in [6.45, 7) is 2.18. The Kier molecular flexibility index (Phi) is 2.47. The summed E-state index contributed by atoms with van der Waals surface area (Å²) < 4.78 is 5.31. The lowest BCUT2D eigenvalue weighted by Gasteiger charge is -2.67. The van der Waals surface area contributed by atoms with Gasteiger partial charge in [0.25, 0.3) is 0 Å². The fourth-order valence-corrected chi connectivity index (χ4v) is 7.56. The third-order valence-corrected chi connectivity index (χ3v) is 8.17. The summed E-state index contributed by atoms with van der Waals surface area (Å²) in [6, 6.07) is 9.29. The molecule has 25 heavy (non-hydrogen) atoms. The van der Waals surface area contributed by atoms with E-state index in [1.54, 1.807) is 7.11 Å². The number of nitrogens with one attached hydrogen (secondary N) is 1. The van der Waals surface area contributed by atoms with Gasteiger partial charge in [-0.2, -0.15) is 0 Å². The van der Waals surface area contributed by atoms with Crippen LogP contribution >= 0.6 is 0 Å². The van der Waals surface area contributed by atoms with Crippen molar-refractivity contribution < 1.29 is 9.53 Å². The van der Waals surface area contributed by atoms with Crippen molar-refractivity contribution in [3.05, 3.63) is 42.0 Å². The summed E-state index contributed by atoms with van der Waals surface area (Å²) >= 11 is 0. The Morgan fingerprint density at radius 2 is 2.16 bits per heavy atom. The monoisotopic (exact) mass is 336 g/mol. The predicted molar refractivity (Wildman–Crippen MR) is 95.4 cm³/mol. The molecule has 3 saturated carbocycles. The number of hydrogen-bond acceptors (Lipinski definition) is 4. The molecule has 1 aromatic carbocycles. The Morgan fingerprint density at radius 1 is 1.28 bits per heavy atom. The van der Waals surface area contributed by atoms with Gasteiger partial charge in [-0.05, 0) is 43.9 Å². The molecule has 0 aromatic heterocycles. The second-order valence-corrected chi connectivity index (χ2v) is 8.68. The van der Waals surface area contributed by atoms with Crippen molar-refractivity contribution in [2.75, 3.05) is 25.5 Å². The summed E-state index contributed by atoms with van der Waals surface area (Å²) in [5.74, 6) is -0.104. The fraction of sp³-hybridized carbons (Fsp3) is 0.571. The van der Waals surface area contributed by atoms with Crippen LogP contribution in [0.25, 0.3) is 0 Å². The minimum atomic E-state index is -0.184. The van der Waals surface area contributed by atoms with Crippen LogP contribution in [0.2, 0.25) is 0 Å². The number of para-hydroxylation sites is 1. The second kappa shape index (κ2) is 4.29. The zero-order valence-electron chi connectivity index (χ0n) is 14.6. The highest BCUT2D eigenvalue weighted by atomic mass is 16.5. The minimum Gasteiger partial charge on any atom is -0.469 e. The van der Waals surface area contributed by atoms with Crippen molar-refractivity contribution in [1.82, 2.24) is 4.90 Å². The van der Waals surface area contributed by atoms with E-state index in [1.165, 1.54) is 17.7 Å². The zero-order chi connectivity index (χ0) is 16.9. The molecule has 4 fully saturated rings. The maximum Gasteiger partial charge on any atom is 0.311 e. The average molecular weight is 336 g/mol. The Hall–Kier alpha value is -1.81. The first-order chi connectivity index (χ1) is 12.2. The van der Waals surface area contributed by atoms with Gasteiger partial charge in [-0.25, -0.2) is 0 Å². The first-order valence-electron chi connectivity index (χ1n) is 9.54. The van der Waals surface area contributed by atoms with E-state index in [2.05, 4.69) is 46.6 Å². The summed E-state index contributed by atoms with van der Waals surface area (Å²) in [4.78, 5) is 15.6. The van der Waals surface area contributed by atoms with E-state index in [9.17, 15) is 4.79 Å². The molecule has 3 heterocycles. The highest BCUT2D eigenvalue weighted by Gasteiger charge is 2.78. The Labute approximate surface area is 148 Å². The van der Waals surface area contributed by atoms with E-state index in [1.807, 2.05) is 0 Å². The van der Waals surface area contributed by atoms with Crippen LogP contribution < -0.4 is 5.32 Å². The average Bonchev–Trinajstić information content (AvgIpc) is 3.19. The summed E-state index contributed by atoms with van der Waals surface area (Å²) in [6.07, 6.45) is 9.08. The number of fused-ring (bicyclic) bond motifs is 3. The highest BCUT2D eigenvalue weighted by molar-refractivity contribution is 5.81. The third kappa shape index (κ3) is 1.34. The number of anilines is 1. The lowest BCUT2D eigenvalue weighted by Crippen LogP contribution is -2.76. The largest absolute Gasteiger partial charge is 0.469 e. The molecular formula is C21H24N2O2. The number of methoxy groups -OCH3 is 1. The molecule has 4 nitrogen and oxygen atoms in total. The molecule has 5 atom stereocenters. The van der Waals surface area contributed by atoms with Gasteiger partial charge in [-0.1, -0.05) is 30.4 Å². The lowest BCUT2D eigenvalue weighted by atomic mass is 9.40. The van der Waals surface area contributed by atoms with Crippen LogP contribution in [0.1, 0.15) is 31.2 Å². The van der Waals surface area contributed by atoms with Crippen LogP contribution in [0.3, 0.4) is 0 Å². The normalized spacial score (nSPS) is 45.5. The molecule has 6 aliphatic rings. The molecule has 130 valence electrons. The molecule has 4 heteroatoms. The van der Waals surface area contributed by atoms with E-state index in [0.29, 0.717) is 6.04 Å². The number of ether oxygens (including phenoxy) is 1. The number of nitrogens with zero attached hydrogens (tertiary/aromatic N) is 1. The number of rotatable bonds is 1. The summed E-state index contributed by atoms with van der Waals surface area (Å²) in [5.41, 5.74) is 2.65. The Morgan fingerprint density at radius 3 is 3.04 bits per heavy atom. The SMILES string of the molecule is COC(=O)[C@H]1C[C@@]23C=CCN4CC[C@@]5(c6ccccc6N[C@]15CC2)[C@@H]43. The van der Waals surface area contributed by atoms with Crippen molar-refractivity contribution in [2.24, 2.45) is 11.3 Å². The van der Waals surface area contributed by atoms with Crippen molar-refractivity contribution in [3.63, 3.8) is 0 Å². The second-order valence-electron chi connectivity index (χ2n) is 8.68. The third-order valence-electron chi connectivity index (χ3n) is 8.17. The number of carbonyl (C=O) groups excluding carboxylic acids is 1. The van der Waals surface area contributed by atoms with Gasteiger partial charge in [0.05, 0.1) is 18.6 Å². The maximum atomic E-state index is 12.9. The van der Waals surface area contributed by atoms with Gasteiger partial charge < -0.3 is 10.1 Å². The van der Waals surface area contributed by atoms with Gasteiger partial charge in [-0.15, -0.1) is 0 Å². The minimum absolute atomic E-state index is 0.0315. The van der Waals surface area contributed by atoms with Crippen molar-refractivity contribution >= 4 is 11.7 Å². The summed E-state index contributed by atoms with van der Waals surface area (Å²) in [7, 11) is 1.54. The van der Waals surface area contributed by atoms with Crippen LogP contribution in [-0.4, -0.2) is 42.6 Å². The molecule has 1 N–H and O–H groups in total. The van der Waals surface area contributed by atoms with Gasteiger partial charge in [0.1, 0.15) is 0 Å². The van der Waals surface area contributed by atoms with Gasteiger partial charge in [0.2, 0.25) is 0 Å². The standard InChI is InChI=1S/C21H24N2O2/c1-25-17(24)15-13-19-7-4-11-23-12-10-20(18(19)23)14-5-2-3-6-16(14)22-21(15,20)9-8-19/h2-7,15,18,22H,8-13H2,1H3/t15-,18+,19-,20-,21-/m1/s1. The Balaban J connectivity index is 1.67. The molecule has 7 rings (SSSR count). The van der Waals surface area contributed by atoms with Crippen molar-refractivity contribution in [3.8, 4) is 0 Å². The number of esters is 1. The van der Waals surface area contributed by atoms with Gasteiger partial charge in [0.15, 0.2) is 0 Å². The van der Waals surface area contributed by atoms with Crippen LogP contribution in [-0.2, 0) is 14.9 Å². The van der Waals surface area contributed by atoms with Crippen molar-refractivity contribution in [1.29, 1.82) is 0 Å². The molecular weight excluding hydrogens is 312 g/mol. The molecule has 2 bridgehead atoms. The first kappa shape index (κ1) is 14.4. The quantitative estimate of drug-likeness (QED) is 0.632. The van der Waals surface area contributed by atoms with Crippen LogP contribution in [0.15, 0.2) is 36.4 Å². The fourth-order valence-electron chi connectivity index (χ4n) is 7.56. The maximum absolute atomic E-state index is 12.9. The lowest BCUT2D eigenvalue weighted by molar-refractivity contribution is -0.162. The van der Waals surface area contributed by atoms with Crippen molar-refractivity contribution in [2.45, 2.75) is 42.7 Å². The highest BCUT2D eigenvalue weighted by Crippen LogP contribution is 2.73. The van der Waals surface area contributed by atoms with Gasteiger partial charge in [0, 0.05) is 29.1 Å². The topological polar surface area (TPSA) is 41.6 Å². The number of benzene rings is 1. The number of carbonyl (C=O) groups is 1. The molecule has 0 unspecified atom stereocenters. The zero-order valence-corrected chi connectivity index (χ0v) is 14.6. The van der Waals surface area contributed by atoms with Gasteiger partial charge in [-0.3, -0.25) is 9.69 Å². The Bertz CT molecular complexity index is 820. The summed E-state index contributed by atoms with van der Waals surface area (Å²) in [5, 5.41) is 3.90. The first-order valence-corrected chi connectivity index (χ1v) is 9.54. The van der Waals surface area contributed by atoms with Crippen LogP contribution in [0, 0.1) is 11.3 Å². The number of hydrogen-bond donors (Lipinski definition) is 1. The molecule has 0 radical (unpaired) electrons. The predicted octanol–water partition coefficient (Wildman–Crippen LogP) is 2.71. The van der Waals surface area contributed by atoms with E-state index >= 15 is 0 Å². The molecule has 1 saturated heterocycles. The molecule has 3 aliphatic heterocycles. The van der Waals surface area contributed by atoms with E-state index in [0.717, 1.165) is 32.4 Å². The molecule has 3 aliphatic carbocycles. The van der Waals surface area contributed by atoms with E-state index in [4.69, 9.17) is 4.74 Å². The van der Waals surface area contributed by atoms with E-state index < -0.39 is 0 Å². The molecule has 3 spiro atoms. The van der Waals surface area contributed by atoms with Crippen LogP contribution in [0.4, 0.5) is 5.69 Å². The smallest absolute Gasteiger partial charge is 0.311 e. The van der Waals surface area contributed by atoms with Gasteiger partial charge >= 0.3 is 5.97 Å². The van der Waals surface area contributed by atoms with E-state index in [-0.39, 0.29) is 28.3 Å². The molecule has 1 aromatic rings. The van der Waals surface area contributed by atoms with Crippen LogP contribution in [0.5, 0.6) is 0 Å². The molecule has 0 amide bonds.